The summed E-state index contributed by atoms with van der Waals surface area (Å²) in [6.07, 6.45) is -24.7. The van der Waals surface area contributed by atoms with Crippen molar-refractivity contribution in [2.75, 3.05) is 0 Å². The van der Waals surface area contributed by atoms with Gasteiger partial charge in [-0.15, -0.1) is 10.2 Å². The Labute approximate surface area is 227 Å². The van der Waals surface area contributed by atoms with E-state index in [0.717, 1.165) is 6.07 Å². The van der Waals surface area contributed by atoms with Gasteiger partial charge in [-0.2, -0.15) is 52.7 Å². The summed E-state index contributed by atoms with van der Waals surface area (Å²) in [7, 11) is 0. The summed E-state index contributed by atoms with van der Waals surface area (Å²) >= 11 is 0. The highest BCUT2D eigenvalue weighted by atomic mass is 19.4. The average molecular weight is 604 g/mol. The number of benzene rings is 4. The second-order valence-electron chi connectivity index (χ2n) is 9.10. The molecule has 218 valence electrons. The van der Waals surface area contributed by atoms with Crippen LogP contribution in [0.4, 0.5) is 52.7 Å². The molecule has 0 bridgehead atoms. The minimum Gasteiger partial charge on any atom is -0.166 e. The molecule has 0 saturated heterocycles. The molecule has 0 aliphatic carbocycles. The summed E-state index contributed by atoms with van der Waals surface area (Å²) in [6, 6.07) is 14.8. The largest absolute Gasteiger partial charge is 0.417 e. The van der Waals surface area contributed by atoms with Crippen molar-refractivity contribution >= 4 is 21.5 Å². The third-order valence-corrected chi connectivity index (χ3v) is 6.44. The van der Waals surface area contributed by atoms with Gasteiger partial charge in [0.25, 0.3) is 0 Å². The molecule has 0 atom stereocenters. The monoisotopic (exact) mass is 604 g/mol. The van der Waals surface area contributed by atoms with Crippen molar-refractivity contribution in [3.05, 3.63) is 95.1 Å². The van der Waals surface area contributed by atoms with Crippen LogP contribution in [-0.2, 0) is 24.7 Å². The Bertz CT molecular complexity index is 1770. The van der Waals surface area contributed by atoms with Crippen molar-refractivity contribution in [1.82, 2.24) is 10.2 Å². The zero-order chi connectivity index (χ0) is 30.8. The van der Waals surface area contributed by atoms with Crippen LogP contribution < -0.4 is 0 Å². The molecular weight excluding hydrogens is 592 g/mol. The molecule has 0 radical (unpaired) electrons. The SMILES string of the molecule is FC(F)(F)c1cc(C(F)(F)F)c(C(F)(F)F)c(-c2nnc(-c3ccccc3)c3cc4ccccc4cc23)c1C(F)(F)F. The van der Waals surface area contributed by atoms with E-state index in [9.17, 15) is 52.7 Å². The summed E-state index contributed by atoms with van der Waals surface area (Å²) in [5.74, 6) is 0. The van der Waals surface area contributed by atoms with Crippen molar-refractivity contribution in [2.45, 2.75) is 24.7 Å². The Morgan fingerprint density at radius 2 is 0.833 bits per heavy atom. The van der Waals surface area contributed by atoms with Crippen LogP contribution in [0.5, 0.6) is 0 Å². The van der Waals surface area contributed by atoms with E-state index in [0.29, 0.717) is 5.39 Å². The number of nitrogens with zero attached hydrogens (tertiary/aromatic N) is 2. The second-order valence-corrected chi connectivity index (χ2v) is 9.10. The van der Waals surface area contributed by atoms with Crippen LogP contribution in [0.2, 0.25) is 0 Å². The first-order valence-corrected chi connectivity index (χ1v) is 11.6. The van der Waals surface area contributed by atoms with Crippen LogP contribution >= 0.6 is 0 Å². The standard InChI is InChI=1S/C28H12F12N2/c29-25(30,31)18-12-19(26(32,33)34)22(28(38,39)40)20(21(18)27(35,36)37)24-17-11-15-9-5-4-8-14(15)10-16(17)23(41-42-24)13-6-2-1-3-7-13/h1-12H. The maximum Gasteiger partial charge on any atom is 0.417 e. The topological polar surface area (TPSA) is 25.8 Å². The van der Waals surface area contributed by atoms with Crippen LogP contribution in [0.3, 0.4) is 0 Å². The molecule has 0 saturated carbocycles. The molecule has 0 aliphatic heterocycles. The van der Waals surface area contributed by atoms with E-state index in [4.69, 9.17) is 0 Å². The molecule has 1 aromatic heterocycles. The highest BCUT2D eigenvalue weighted by molar-refractivity contribution is 6.09. The van der Waals surface area contributed by atoms with Gasteiger partial charge in [0.05, 0.1) is 22.3 Å². The minimum atomic E-state index is -6.20. The lowest BCUT2D eigenvalue weighted by atomic mass is 9.86. The van der Waals surface area contributed by atoms with Crippen molar-refractivity contribution in [1.29, 1.82) is 0 Å². The summed E-state index contributed by atoms with van der Waals surface area (Å²) < 4.78 is 169. The van der Waals surface area contributed by atoms with E-state index >= 15 is 0 Å². The lowest BCUT2D eigenvalue weighted by Crippen LogP contribution is -2.26. The van der Waals surface area contributed by atoms with Gasteiger partial charge < -0.3 is 0 Å². The number of hydrogen-bond donors (Lipinski definition) is 0. The predicted octanol–water partition coefficient (Wildman–Crippen LogP) is 10.2. The predicted molar refractivity (Wildman–Crippen MR) is 128 cm³/mol. The highest BCUT2D eigenvalue weighted by Crippen LogP contribution is 2.54. The maximum absolute atomic E-state index is 14.3. The van der Waals surface area contributed by atoms with Gasteiger partial charge in [0.1, 0.15) is 11.4 Å². The first-order valence-electron chi connectivity index (χ1n) is 11.6. The number of fused-ring (bicyclic) bond motifs is 2. The van der Waals surface area contributed by atoms with E-state index in [-0.39, 0.29) is 22.0 Å². The Morgan fingerprint density at radius 3 is 1.26 bits per heavy atom. The van der Waals surface area contributed by atoms with Gasteiger partial charge >= 0.3 is 24.7 Å². The molecule has 5 rings (SSSR count). The van der Waals surface area contributed by atoms with Gasteiger partial charge in [-0.05, 0) is 29.0 Å². The molecule has 0 N–H and O–H groups in total. The molecule has 1 heterocycles. The first kappa shape index (κ1) is 29.1. The molecule has 0 spiro atoms. The Balaban J connectivity index is 2.09. The van der Waals surface area contributed by atoms with Crippen LogP contribution in [0.1, 0.15) is 22.3 Å². The van der Waals surface area contributed by atoms with E-state index in [1.807, 2.05) is 0 Å². The fraction of sp³-hybridized carbons (Fsp3) is 0.143. The molecule has 0 fully saturated rings. The van der Waals surface area contributed by atoms with Crippen LogP contribution in [-0.4, -0.2) is 10.2 Å². The fourth-order valence-electron chi connectivity index (χ4n) is 4.79. The van der Waals surface area contributed by atoms with E-state index < -0.39 is 69.7 Å². The van der Waals surface area contributed by atoms with E-state index in [1.165, 1.54) is 48.5 Å². The lowest BCUT2D eigenvalue weighted by Gasteiger charge is -2.26. The second kappa shape index (κ2) is 9.60. The first-order chi connectivity index (χ1) is 19.4. The van der Waals surface area contributed by atoms with E-state index in [1.54, 1.807) is 12.1 Å². The smallest absolute Gasteiger partial charge is 0.166 e. The molecule has 4 aromatic carbocycles. The number of alkyl halides is 12. The third kappa shape index (κ3) is 5.09. The third-order valence-electron chi connectivity index (χ3n) is 6.44. The molecule has 5 aromatic rings. The van der Waals surface area contributed by atoms with Gasteiger partial charge in [-0.1, -0.05) is 54.6 Å². The highest BCUT2D eigenvalue weighted by Gasteiger charge is 2.54. The number of hydrogen-bond acceptors (Lipinski definition) is 2. The van der Waals surface area contributed by atoms with Crippen LogP contribution in [0, 0.1) is 0 Å². The summed E-state index contributed by atoms with van der Waals surface area (Å²) in [6.45, 7) is 0. The molecule has 0 aliphatic rings. The van der Waals surface area contributed by atoms with Gasteiger partial charge in [0.2, 0.25) is 0 Å². The van der Waals surface area contributed by atoms with Crippen LogP contribution in [0.25, 0.3) is 44.1 Å². The van der Waals surface area contributed by atoms with Gasteiger partial charge in [-0.25, -0.2) is 0 Å². The molecule has 14 heteroatoms. The van der Waals surface area contributed by atoms with Crippen LogP contribution in [0.15, 0.2) is 72.8 Å². The van der Waals surface area contributed by atoms with Gasteiger partial charge in [-0.3, -0.25) is 0 Å². The van der Waals surface area contributed by atoms with Crippen molar-refractivity contribution < 1.29 is 52.7 Å². The Hall–Kier alpha value is -4.36. The van der Waals surface area contributed by atoms with Crippen molar-refractivity contribution in [3.8, 4) is 22.5 Å². The number of aromatic nitrogens is 2. The molecule has 0 amide bonds. The van der Waals surface area contributed by atoms with Crippen molar-refractivity contribution in [3.63, 3.8) is 0 Å². The zero-order valence-corrected chi connectivity index (χ0v) is 20.4. The molecule has 2 nitrogen and oxygen atoms in total. The summed E-state index contributed by atoms with van der Waals surface area (Å²) in [5, 5.41) is 7.10. The molecular formula is C28H12F12N2. The van der Waals surface area contributed by atoms with Gasteiger partial charge in [0, 0.05) is 21.9 Å². The molecule has 0 unspecified atom stereocenters. The summed E-state index contributed by atoms with van der Waals surface area (Å²) in [4.78, 5) is 0. The molecule has 42 heavy (non-hydrogen) atoms. The minimum absolute atomic E-state index is 0.0785. The number of halogens is 12. The summed E-state index contributed by atoms with van der Waals surface area (Å²) in [5.41, 5.74) is -15.5. The normalized spacial score (nSPS) is 13.2. The Morgan fingerprint density at radius 1 is 0.429 bits per heavy atom. The van der Waals surface area contributed by atoms with E-state index in [2.05, 4.69) is 10.2 Å². The average Bonchev–Trinajstić information content (AvgIpc) is 2.88. The van der Waals surface area contributed by atoms with Gasteiger partial charge in [0.15, 0.2) is 0 Å². The lowest BCUT2D eigenvalue weighted by molar-refractivity contribution is -0.170. The number of rotatable bonds is 2. The van der Waals surface area contributed by atoms with Crippen molar-refractivity contribution in [2.24, 2.45) is 0 Å². The zero-order valence-electron chi connectivity index (χ0n) is 20.4. The maximum atomic E-state index is 14.3. The quantitative estimate of drug-likeness (QED) is 0.148. The Kier molecular flexibility index (Phi) is 6.66. The fourth-order valence-corrected chi connectivity index (χ4v) is 4.79.